The van der Waals surface area contributed by atoms with E-state index >= 15 is 0 Å². The maximum atomic E-state index is 6.34. The van der Waals surface area contributed by atoms with Crippen molar-refractivity contribution in [2.45, 2.75) is 18.4 Å². The van der Waals surface area contributed by atoms with Crippen molar-refractivity contribution in [1.82, 2.24) is 4.90 Å². The Labute approximate surface area is 120 Å². The largest absolute Gasteiger partial charge is 0.485 e. The van der Waals surface area contributed by atoms with Crippen LogP contribution >= 0.6 is 0 Å². The summed E-state index contributed by atoms with van der Waals surface area (Å²) in [5, 5.41) is 0. The van der Waals surface area contributed by atoms with Gasteiger partial charge in [-0.25, -0.2) is 0 Å². The fourth-order valence-electron chi connectivity index (χ4n) is 3.60. The molecule has 20 heavy (non-hydrogen) atoms. The predicted octanol–water partition coefficient (Wildman–Crippen LogP) is 1.33. The van der Waals surface area contributed by atoms with Gasteiger partial charge in [-0.3, -0.25) is 0 Å². The van der Waals surface area contributed by atoms with Crippen molar-refractivity contribution in [3.8, 4) is 5.75 Å². The van der Waals surface area contributed by atoms with Gasteiger partial charge >= 0.3 is 0 Å². The second-order valence-corrected chi connectivity index (χ2v) is 6.26. The highest BCUT2D eigenvalue weighted by Gasteiger charge is 2.44. The number of anilines is 1. The number of hydrogen-bond acceptors (Lipinski definition) is 4. The molecule has 1 spiro atoms. The van der Waals surface area contributed by atoms with Crippen LogP contribution in [0.5, 0.6) is 5.75 Å². The van der Waals surface area contributed by atoms with Crippen molar-refractivity contribution < 1.29 is 9.47 Å². The van der Waals surface area contributed by atoms with E-state index in [1.807, 2.05) is 0 Å². The lowest BCUT2D eigenvalue weighted by atomic mass is 9.96. The fourth-order valence-corrected chi connectivity index (χ4v) is 3.60. The molecule has 3 aliphatic rings. The van der Waals surface area contributed by atoms with Gasteiger partial charge in [-0.2, -0.15) is 0 Å². The maximum Gasteiger partial charge on any atom is 0.127 e. The number of likely N-dealkylation sites (N-methyl/N-ethyl adjacent to an activating group) is 1. The molecule has 3 aliphatic heterocycles. The molecule has 4 rings (SSSR count). The van der Waals surface area contributed by atoms with E-state index in [1.165, 1.54) is 5.56 Å². The van der Waals surface area contributed by atoms with E-state index in [-0.39, 0.29) is 5.60 Å². The lowest BCUT2D eigenvalue weighted by Crippen LogP contribution is -2.37. The number of rotatable bonds is 1. The first-order valence-electron chi connectivity index (χ1n) is 7.49. The molecule has 1 atom stereocenters. The quantitative estimate of drug-likeness (QED) is 0.771. The first kappa shape index (κ1) is 12.5. The summed E-state index contributed by atoms with van der Waals surface area (Å²) in [5.74, 6) is 1.07. The van der Waals surface area contributed by atoms with Gasteiger partial charge in [0.05, 0.1) is 13.2 Å². The van der Waals surface area contributed by atoms with Crippen LogP contribution in [0.15, 0.2) is 12.1 Å². The van der Waals surface area contributed by atoms with Crippen LogP contribution in [0.2, 0.25) is 0 Å². The Kier molecular flexibility index (Phi) is 2.89. The van der Waals surface area contributed by atoms with Crippen LogP contribution in [0.25, 0.3) is 0 Å². The molecule has 107 valence electrons. The molecule has 0 aromatic heterocycles. The van der Waals surface area contributed by atoms with Gasteiger partial charge in [0.15, 0.2) is 0 Å². The highest BCUT2D eigenvalue weighted by molar-refractivity contribution is 5.55. The molecule has 3 heterocycles. The van der Waals surface area contributed by atoms with Gasteiger partial charge in [-0.15, -0.1) is 0 Å². The molecular formula is C16H21N2O2. The van der Waals surface area contributed by atoms with Crippen LogP contribution in [-0.2, 0) is 11.2 Å². The second kappa shape index (κ2) is 4.64. The number of benzene rings is 1. The molecule has 2 saturated heterocycles. The van der Waals surface area contributed by atoms with Crippen molar-refractivity contribution in [2.24, 2.45) is 0 Å². The summed E-state index contributed by atoms with van der Waals surface area (Å²) in [6.45, 7) is 5.68. The molecule has 4 nitrogen and oxygen atoms in total. The zero-order valence-electron chi connectivity index (χ0n) is 12.0. The third kappa shape index (κ3) is 2.07. The number of ether oxygens (including phenoxy) is 2. The van der Waals surface area contributed by atoms with Gasteiger partial charge in [0.1, 0.15) is 11.4 Å². The molecule has 4 heteroatoms. The van der Waals surface area contributed by atoms with Crippen molar-refractivity contribution >= 4 is 5.69 Å². The van der Waals surface area contributed by atoms with Crippen molar-refractivity contribution in [1.29, 1.82) is 0 Å². The Balaban J connectivity index is 1.56. The Morgan fingerprint density at radius 1 is 1.25 bits per heavy atom. The molecule has 0 amide bonds. The summed E-state index contributed by atoms with van der Waals surface area (Å²) in [6, 6.07) is 7.74. The van der Waals surface area contributed by atoms with Crippen LogP contribution in [-0.4, -0.2) is 56.9 Å². The Bertz CT molecular complexity index is 513. The van der Waals surface area contributed by atoms with E-state index in [9.17, 15) is 0 Å². The summed E-state index contributed by atoms with van der Waals surface area (Å²) < 4.78 is 11.7. The smallest absolute Gasteiger partial charge is 0.127 e. The molecule has 0 N–H and O–H groups in total. The average molecular weight is 273 g/mol. The zero-order valence-corrected chi connectivity index (χ0v) is 12.0. The van der Waals surface area contributed by atoms with Crippen LogP contribution in [0, 0.1) is 6.07 Å². The number of fused-ring (bicyclic) bond motifs is 1. The minimum Gasteiger partial charge on any atom is -0.485 e. The minimum atomic E-state index is 0.0224. The number of nitrogens with zero attached hydrogens (tertiary/aromatic N) is 2. The third-order valence-corrected chi connectivity index (χ3v) is 4.68. The van der Waals surface area contributed by atoms with E-state index in [0.29, 0.717) is 0 Å². The predicted molar refractivity (Wildman–Crippen MR) is 77.5 cm³/mol. The van der Waals surface area contributed by atoms with Gasteiger partial charge in [0.2, 0.25) is 0 Å². The van der Waals surface area contributed by atoms with Crippen LogP contribution in [0.1, 0.15) is 12.0 Å². The summed E-state index contributed by atoms with van der Waals surface area (Å²) >= 11 is 0. The van der Waals surface area contributed by atoms with Crippen molar-refractivity contribution in [3.05, 3.63) is 23.8 Å². The molecule has 0 saturated carbocycles. The Hall–Kier alpha value is -1.26. The minimum absolute atomic E-state index is 0.0224. The number of morpholine rings is 1. The monoisotopic (exact) mass is 273 g/mol. The highest BCUT2D eigenvalue weighted by atomic mass is 16.5. The van der Waals surface area contributed by atoms with Gasteiger partial charge in [-0.05, 0) is 18.7 Å². The first-order chi connectivity index (χ1) is 9.74. The normalized spacial score (nSPS) is 29.8. The van der Waals surface area contributed by atoms with E-state index < -0.39 is 0 Å². The van der Waals surface area contributed by atoms with Gasteiger partial charge < -0.3 is 19.3 Å². The zero-order chi connectivity index (χ0) is 13.6. The number of hydrogen-bond donors (Lipinski definition) is 0. The van der Waals surface area contributed by atoms with Crippen LogP contribution < -0.4 is 9.64 Å². The standard InChI is InChI=1S/C16H21N2O2/c1-17-5-4-16(12-17)11-13-2-3-14(10-15(13)20-16)18-6-8-19-9-7-18/h2,10H,4-9,11-12H2,1H3. The third-order valence-electron chi connectivity index (χ3n) is 4.68. The Morgan fingerprint density at radius 2 is 2.10 bits per heavy atom. The van der Waals surface area contributed by atoms with E-state index in [2.05, 4.69) is 35.0 Å². The van der Waals surface area contributed by atoms with Gasteiger partial charge in [0.25, 0.3) is 0 Å². The summed E-state index contributed by atoms with van der Waals surface area (Å²) in [4.78, 5) is 4.69. The summed E-state index contributed by atoms with van der Waals surface area (Å²) in [6.07, 6.45) is 2.16. The molecular weight excluding hydrogens is 252 g/mol. The van der Waals surface area contributed by atoms with Gasteiger partial charge in [0, 0.05) is 56.8 Å². The highest BCUT2D eigenvalue weighted by Crippen LogP contribution is 2.41. The molecule has 1 aromatic rings. The van der Waals surface area contributed by atoms with Crippen molar-refractivity contribution in [3.63, 3.8) is 0 Å². The SMILES string of the molecule is CN1CCC2(Cc3c[c]c(N4CCOCC4)cc3O2)C1. The van der Waals surface area contributed by atoms with Crippen LogP contribution in [0.4, 0.5) is 5.69 Å². The fraction of sp³-hybridized carbons (Fsp3) is 0.625. The van der Waals surface area contributed by atoms with E-state index in [0.717, 1.165) is 63.7 Å². The first-order valence-corrected chi connectivity index (χ1v) is 7.49. The molecule has 1 unspecified atom stereocenters. The molecule has 0 bridgehead atoms. The molecule has 1 radical (unpaired) electrons. The molecule has 0 aliphatic carbocycles. The maximum absolute atomic E-state index is 6.34. The topological polar surface area (TPSA) is 24.9 Å². The summed E-state index contributed by atoms with van der Waals surface area (Å²) in [7, 11) is 2.17. The van der Waals surface area contributed by atoms with Crippen molar-refractivity contribution in [2.75, 3.05) is 51.3 Å². The van der Waals surface area contributed by atoms with Gasteiger partial charge in [-0.1, -0.05) is 0 Å². The second-order valence-electron chi connectivity index (χ2n) is 6.26. The summed E-state index contributed by atoms with van der Waals surface area (Å²) in [5.41, 5.74) is 2.49. The lowest BCUT2D eigenvalue weighted by molar-refractivity contribution is 0.106. The van der Waals surface area contributed by atoms with E-state index in [4.69, 9.17) is 9.47 Å². The van der Waals surface area contributed by atoms with E-state index in [1.54, 1.807) is 0 Å². The Morgan fingerprint density at radius 3 is 2.85 bits per heavy atom. The van der Waals surface area contributed by atoms with Crippen LogP contribution in [0.3, 0.4) is 0 Å². The average Bonchev–Trinajstić information content (AvgIpc) is 3.01. The molecule has 2 fully saturated rings. The molecule has 1 aromatic carbocycles. The number of likely N-dealkylation sites (tertiary alicyclic amines) is 1. The lowest BCUT2D eigenvalue weighted by Gasteiger charge is -2.29.